The smallest absolute Gasteiger partial charge is 0.279 e. The van der Waals surface area contributed by atoms with Gasteiger partial charge in [-0.2, -0.15) is 9.78 Å². The molecule has 0 radical (unpaired) electrons. The zero-order chi connectivity index (χ0) is 19.7. The molecule has 1 aromatic heterocycles. The molecule has 0 aliphatic carbocycles. The fourth-order valence-corrected chi connectivity index (χ4v) is 3.11. The Balaban J connectivity index is 1.86. The first kappa shape index (κ1) is 17.7. The predicted molar refractivity (Wildman–Crippen MR) is 111 cm³/mol. The van der Waals surface area contributed by atoms with E-state index in [2.05, 4.69) is 10.4 Å². The first-order valence-corrected chi connectivity index (χ1v) is 9.01. The van der Waals surface area contributed by atoms with Crippen LogP contribution in [0.25, 0.3) is 16.5 Å². The van der Waals surface area contributed by atoms with Crippen molar-refractivity contribution >= 4 is 22.4 Å². The minimum atomic E-state index is -0.357. The molecule has 5 heteroatoms. The van der Waals surface area contributed by atoms with Gasteiger partial charge >= 0.3 is 0 Å². The van der Waals surface area contributed by atoms with Crippen molar-refractivity contribution < 1.29 is 4.79 Å². The number of hydrogen-bond donors (Lipinski definition) is 1. The number of nitrogens with one attached hydrogen (secondary N) is 1. The highest BCUT2D eigenvalue weighted by Crippen LogP contribution is 2.19. The third-order valence-electron chi connectivity index (χ3n) is 4.79. The van der Waals surface area contributed by atoms with Gasteiger partial charge in [-0.3, -0.25) is 9.59 Å². The molecule has 1 heterocycles. The van der Waals surface area contributed by atoms with Crippen molar-refractivity contribution in [3.05, 3.63) is 100.0 Å². The fourth-order valence-electron chi connectivity index (χ4n) is 3.11. The summed E-state index contributed by atoms with van der Waals surface area (Å²) < 4.78 is 1.28. The normalized spacial score (nSPS) is 10.8. The number of nitrogens with zero attached hydrogens (tertiary/aromatic N) is 2. The molecule has 0 aliphatic rings. The number of carbonyl (C=O) groups excluding carboxylic acids is 1. The van der Waals surface area contributed by atoms with E-state index in [1.54, 1.807) is 36.4 Å². The Labute approximate surface area is 162 Å². The third kappa shape index (κ3) is 3.18. The van der Waals surface area contributed by atoms with Crippen molar-refractivity contribution in [2.45, 2.75) is 13.8 Å². The average Bonchev–Trinajstić information content (AvgIpc) is 2.72. The molecule has 0 spiro atoms. The highest BCUT2D eigenvalue weighted by atomic mass is 16.2. The molecule has 0 unspecified atom stereocenters. The molecule has 5 nitrogen and oxygen atoms in total. The summed E-state index contributed by atoms with van der Waals surface area (Å²) in [6.45, 7) is 4.01. The standard InChI is InChI=1S/C23H19N3O2/c1-15-12-13-17(14-16(15)2)24-22(27)21-19-10-6-7-11-20(19)23(28)26(25-21)18-8-4-3-5-9-18/h3-14H,1-2H3,(H,24,27). The summed E-state index contributed by atoms with van der Waals surface area (Å²) in [5, 5.41) is 8.28. The summed E-state index contributed by atoms with van der Waals surface area (Å²) in [7, 11) is 0. The molecule has 0 fully saturated rings. The van der Waals surface area contributed by atoms with Crippen molar-refractivity contribution in [2.24, 2.45) is 0 Å². The van der Waals surface area contributed by atoms with E-state index in [9.17, 15) is 9.59 Å². The number of rotatable bonds is 3. The number of para-hydroxylation sites is 1. The molecular weight excluding hydrogens is 350 g/mol. The van der Waals surface area contributed by atoms with Gasteiger partial charge in [-0.15, -0.1) is 0 Å². The van der Waals surface area contributed by atoms with E-state index in [-0.39, 0.29) is 17.2 Å². The molecule has 4 aromatic rings. The van der Waals surface area contributed by atoms with Gasteiger partial charge in [0, 0.05) is 11.1 Å². The second-order valence-corrected chi connectivity index (χ2v) is 6.70. The number of aryl methyl sites for hydroxylation is 2. The van der Waals surface area contributed by atoms with E-state index in [0.29, 0.717) is 22.1 Å². The minimum Gasteiger partial charge on any atom is -0.321 e. The van der Waals surface area contributed by atoms with Crippen molar-refractivity contribution in [3.8, 4) is 5.69 Å². The molecule has 0 aliphatic heterocycles. The molecule has 0 bridgehead atoms. The summed E-state index contributed by atoms with van der Waals surface area (Å²) in [5.74, 6) is -0.357. The predicted octanol–water partition coefficient (Wildman–Crippen LogP) is 4.25. The Bertz CT molecular complexity index is 1240. The Morgan fingerprint density at radius 2 is 1.54 bits per heavy atom. The van der Waals surface area contributed by atoms with Crippen LogP contribution in [0.4, 0.5) is 5.69 Å². The Morgan fingerprint density at radius 1 is 0.857 bits per heavy atom. The number of hydrogen-bond acceptors (Lipinski definition) is 3. The van der Waals surface area contributed by atoms with Gasteiger partial charge in [0.15, 0.2) is 5.69 Å². The van der Waals surface area contributed by atoms with Crippen LogP contribution in [-0.4, -0.2) is 15.7 Å². The maximum atomic E-state index is 13.0. The van der Waals surface area contributed by atoms with Crippen molar-refractivity contribution in [1.29, 1.82) is 0 Å². The van der Waals surface area contributed by atoms with Crippen LogP contribution in [0.5, 0.6) is 0 Å². The van der Waals surface area contributed by atoms with E-state index in [1.165, 1.54) is 4.68 Å². The maximum Gasteiger partial charge on any atom is 0.279 e. The minimum absolute atomic E-state index is 0.206. The van der Waals surface area contributed by atoms with Gasteiger partial charge in [0.1, 0.15) is 0 Å². The lowest BCUT2D eigenvalue weighted by molar-refractivity contribution is 0.102. The zero-order valence-electron chi connectivity index (χ0n) is 15.6. The molecule has 28 heavy (non-hydrogen) atoms. The van der Waals surface area contributed by atoms with Crippen LogP contribution in [0.2, 0.25) is 0 Å². The lowest BCUT2D eigenvalue weighted by Gasteiger charge is -2.12. The molecule has 3 aromatic carbocycles. The number of fused-ring (bicyclic) bond motifs is 1. The molecule has 138 valence electrons. The van der Waals surface area contributed by atoms with Crippen LogP contribution < -0.4 is 10.9 Å². The highest BCUT2D eigenvalue weighted by molar-refractivity contribution is 6.11. The molecular formula is C23H19N3O2. The molecule has 0 saturated carbocycles. The van der Waals surface area contributed by atoms with Gasteiger partial charge in [-0.1, -0.05) is 42.5 Å². The van der Waals surface area contributed by atoms with Crippen LogP contribution in [-0.2, 0) is 0 Å². The highest BCUT2D eigenvalue weighted by Gasteiger charge is 2.17. The fraction of sp³-hybridized carbons (Fsp3) is 0.0870. The summed E-state index contributed by atoms with van der Waals surface area (Å²) in [6.07, 6.45) is 0. The molecule has 0 saturated heterocycles. The van der Waals surface area contributed by atoms with Gasteiger partial charge in [0.05, 0.1) is 11.1 Å². The number of carbonyl (C=O) groups is 1. The van der Waals surface area contributed by atoms with E-state index in [1.807, 2.05) is 50.2 Å². The molecule has 1 N–H and O–H groups in total. The van der Waals surface area contributed by atoms with E-state index in [4.69, 9.17) is 0 Å². The average molecular weight is 369 g/mol. The SMILES string of the molecule is Cc1ccc(NC(=O)c2nn(-c3ccccc3)c(=O)c3ccccc23)cc1C. The van der Waals surface area contributed by atoms with Crippen molar-refractivity contribution in [3.63, 3.8) is 0 Å². The lowest BCUT2D eigenvalue weighted by Crippen LogP contribution is -2.26. The van der Waals surface area contributed by atoms with Gasteiger partial charge in [0.2, 0.25) is 0 Å². The first-order chi connectivity index (χ1) is 13.5. The quantitative estimate of drug-likeness (QED) is 0.587. The summed E-state index contributed by atoms with van der Waals surface area (Å²) in [4.78, 5) is 25.9. The molecule has 1 amide bonds. The van der Waals surface area contributed by atoms with Crippen molar-refractivity contribution in [2.75, 3.05) is 5.32 Å². The van der Waals surface area contributed by atoms with Crippen LogP contribution in [0.15, 0.2) is 77.6 Å². The van der Waals surface area contributed by atoms with Crippen molar-refractivity contribution in [1.82, 2.24) is 9.78 Å². The second-order valence-electron chi connectivity index (χ2n) is 6.70. The monoisotopic (exact) mass is 369 g/mol. The van der Waals surface area contributed by atoms with Crippen LogP contribution in [0, 0.1) is 13.8 Å². The Kier molecular flexibility index (Phi) is 4.49. The number of anilines is 1. The van der Waals surface area contributed by atoms with E-state index in [0.717, 1.165) is 11.1 Å². The van der Waals surface area contributed by atoms with Crippen LogP contribution in [0.1, 0.15) is 21.6 Å². The van der Waals surface area contributed by atoms with E-state index < -0.39 is 0 Å². The van der Waals surface area contributed by atoms with Gasteiger partial charge in [-0.05, 0) is 55.3 Å². The van der Waals surface area contributed by atoms with Gasteiger partial charge in [-0.25, -0.2) is 0 Å². The van der Waals surface area contributed by atoms with E-state index >= 15 is 0 Å². The summed E-state index contributed by atoms with van der Waals surface area (Å²) in [6, 6.07) is 21.9. The van der Waals surface area contributed by atoms with Gasteiger partial charge in [0.25, 0.3) is 11.5 Å². The number of benzene rings is 3. The number of amides is 1. The summed E-state index contributed by atoms with van der Waals surface area (Å²) in [5.41, 5.74) is 3.49. The topological polar surface area (TPSA) is 64.0 Å². The molecule has 0 atom stereocenters. The lowest BCUT2D eigenvalue weighted by atomic mass is 10.1. The first-order valence-electron chi connectivity index (χ1n) is 9.01. The van der Waals surface area contributed by atoms with Gasteiger partial charge < -0.3 is 5.32 Å². The number of aromatic nitrogens is 2. The third-order valence-corrected chi connectivity index (χ3v) is 4.79. The van der Waals surface area contributed by atoms with Crippen LogP contribution >= 0.6 is 0 Å². The Hall–Kier alpha value is -3.73. The zero-order valence-corrected chi connectivity index (χ0v) is 15.6. The summed E-state index contributed by atoms with van der Waals surface area (Å²) >= 11 is 0. The van der Waals surface area contributed by atoms with Crippen LogP contribution in [0.3, 0.4) is 0 Å². The molecule has 4 rings (SSSR count). The Morgan fingerprint density at radius 3 is 2.25 bits per heavy atom. The second kappa shape index (κ2) is 7.12. The maximum absolute atomic E-state index is 13.0. The largest absolute Gasteiger partial charge is 0.321 e.